The molecule has 0 aliphatic heterocycles. The van der Waals surface area contributed by atoms with Crippen molar-refractivity contribution in [3.8, 4) is 0 Å². The van der Waals surface area contributed by atoms with Crippen molar-refractivity contribution in [2.45, 2.75) is 82.6 Å². The molecule has 0 bridgehead atoms. The van der Waals surface area contributed by atoms with Gasteiger partial charge in [-0.15, -0.1) is 0 Å². The Kier molecular flexibility index (Phi) is 36.1. The molecule has 0 aromatic rings. The minimum atomic E-state index is 1.04. The van der Waals surface area contributed by atoms with E-state index >= 15 is 0 Å². The topological polar surface area (TPSA) is 12.4 Å². The number of nitrogens with zero attached hydrogens (tertiary/aromatic N) is 1. The molecule has 0 spiro atoms. The second-order valence-electron chi connectivity index (χ2n) is 3.30. The van der Waals surface area contributed by atoms with Gasteiger partial charge in [-0.05, 0) is 39.7 Å². The van der Waals surface area contributed by atoms with E-state index in [1.54, 1.807) is 0 Å². The molecule has 120 valence electrons. The van der Waals surface area contributed by atoms with Crippen LogP contribution in [0, 0.1) is 0 Å². The van der Waals surface area contributed by atoms with Crippen LogP contribution in [0.4, 0.5) is 0 Å². The zero-order valence-corrected chi connectivity index (χ0v) is 16.0. The lowest BCUT2D eigenvalue weighted by Gasteiger charge is -2.03. The second kappa shape index (κ2) is 26.5. The van der Waals surface area contributed by atoms with Gasteiger partial charge in [0.25, 0.3) is 0 Å². The molecule has 0 saturated heterocycles. The van der Waals surface area contributed by atoms with Gasteiger partial charge in [0.15, 0.2) is 0 Å². The predicted molar refractivity (Wildman–Crippen MR) is 99.8 cm³/mol. The van der Waals surface area contributed by atoms with Crippen molar-refractivity contribution < 1.29 is 0 Å². The molecule has 0 unspecified atom stereocenters. The van der Waals surface area contributed by atoms with Gasteiger partial charge < -0.3 is 0 Å². The lowest BCUT2D eigenvalue weighted by molar-refractivity contribution is 1.18. The number of rotatable bonds is 4. The van der Waals surface area contributed by atoms with E-state index in [0.717, 1.165) is 17.8 Å². The van der Waals surface area contributed by atoms with E-state index in [9.17, 15) is 0 Å². The number of aliphatic imine (C=N–C) groups is 1. The second-order valence-corrected chi connectivity index (χ2v) is 3.30. The van der Waals surface area contributed by atoms with Crippen LogP contribution in [0.1, 0.15) is 82.6 Å². The van der Waals surface area contributed by atoms with Crippen molar-refractivity contribution in [1.29, 1.82) is 0 Å². The number of hydrogen-bond donors (Lipinski definition) is 0. The summed E-state index contributed by atoms with van der Waals surface area (Å²) in [5.41, 5.74) is 3.35. The van der Waals surface area contributed by atoms with Crippen LogP contribution in [0.2, 0.25) is 0 Å². The zero-order valence-electron chi connectivity index (χ0n) is 16.0. The summed E-state index contributed by atoms with van der Waals surface area (Å²) in [4.78, 5) is 4.49. The Morgan fingerprint density at radius 2 is 1.35 bits per heavy atom. The first-order valence-corrected chi connectivity index (χ1v) is 8.17. The number of allylic oxidation sites excluding steroid dienone is 4. The van der Waals surface area contributed by atoms with Crippen molar-refractivity contribution in [2.24, 2.45) is 4.99 Å². The van der Waals surface area contributed by atoms with Crippen LogP contribution in [0.3, 0.4) is 0 Å². The van der Waals surface area contributed by atoms with Crippen LogP contribution in [-0.4, -0.2) is 5.71 Å². The van der Waals surface area contributed by atoms with Gasteiger partial charge >= 0.3 is 0 Å². The molecule has 0 aromatic carbocycles. The summed E-state index contributed by atoms with van der Waals surface area (Å²) >= 11 is 0. The van der Waals surface area contributed by atoms with Crippen LogP contribution in [0.5, 0.6) is 0 Å². The van der Waals surface area contributed by atoms with Crippen LogP contribution in [0.25, 0.3) is 0 Å². The molecular weight excluding hydrogens is 242 g/mol. The van der Waals surface area contributed by atoms with Crippen molar-refractivity contribution >= 4 is 5.71 Å². The molecule has 0 aromatic heterocycles. The highest BCUT2D eigenvalue weighted by Gasteiger charge is 1.97. The fourth-order valence-corrected chi connectivity index (χ4v) is 1.19. The van der Waals surface area contributed by atoms with E-state index in [1.165, 1.54) is 5.57 Å². The van der Waals surface area contributed by atoms with E-state index < -0.39 is 0 Å². The fraction of sp³-hybridized carbons (Fsp3) is 0.632. The van der Waals surface area contributed by atoms with Gasteiger partial charge in [-0.3, -0.25) is 4.99 Å². The van der Waals surface area contributed by atoms with Gasteiger partial charge in [0.05, 0.1) is 5.70 Å². The summed E-state index contributed by atoms with van der Waals surface area (Å²) in [6.07, 6.45) is 9.43. The third-order valence-corrected chi connectivity index (χ3v) is 1.68. The lowest BCUT2D eigenvalue weighted by atomic mass is 10.1. The molecule has 1 heteroatoms. The van der Waals surface area contributed by atoms with E-state index in [2.05, 4.69) is 30.1 Å². The Labute approximate surface area is 129 Å². The van der Waals surface area contributed by atoms with Crippen LogP contribution < -0.4 is 0 Å². The average Bonchev–Trinajstić information content (AvgIpc) is 2.50. The van der Waals surface area contributed by atoms with E-state index in [1.807, 2.05) is 75.3 Å². The molecule has 0 fully saturated rings. The van der Waals surface area contributed by atoms with Crippen LogP contribution in [0.15, 0.2) is 40.6 Å². The number of hydrogen-bond acceptors (Lipinski definition) is 1. The molecule has 0 aliphatic rings. The minimum absolute atomic E-state index is 1.04. The lowest BCUT2D eigenvalue weighted by Crippen LogP contribution is -1.88. The molecule has 20 heavy (non-hydrogen) atoms. The standard InChI is InChI=1S/C13H21N.3C2H6/c1-6-9-12(10-7-2)13(8-3)14-11(4)5;3*1-2/h6,8-10H,7H2,1-5H3;3*1-2H3/b9-6-,12-10+,13-8-;;;. The van der Waals surface area contributed by atoms with Crippen molar-refractivity contribution in [3.05, 3.63) is 35.6 Å². The summed E-state index contributed by atoms with van der Waals surface area (Å²) in [7, 11) is 0. The Morgan fingerprint density at radius 3 is 1.60 bits per heavy atom. The van der Waals surface area contributed by atoms with E-state index in [0.29, 0.717) is 0 Å². The molecule has 0 saturated carbocycles. The highest BCUT2D eigenvalue weighted by Crippen LogP contribution is 2.14. The van der Waals surface area contributed by atoms with Gasteiger partial charge in [-0.1, -0.05) is 72.8 Å². The molecule has 0 atom stereocenters. The van der Waals surface area contributed by atoms with Crippen molar-refractivity contribution in [2.75, 3.05) is 0 Å². The SMILES string of the molecule is CC.CC.CC.C\C=C/C(=C\CC)C(=C/C)/N=C(C)C. The van der Waals surface area contributed by atoms with Gasteiger partial charge in [-0.2, -0.15) is 0 Å². The summed E-state index contributed by atoms with van der Waals surface area (Å²) in [5.74, 6) is 0. The molecular formula is C19H39N. The molecule has 0 aliphatic carbocycles. The molecule has 1 nitrogen and oxygen atoms in total. The third-order valence-electron chi connectivity index (χ3n) is 1.68. The van der Waals surface area contributed by atoms with Gasteiger partial charge in [0, 0.05) is 5.71 Å². The monoisotopic (exact) mass is 281 g/mol. The van der Waals surface area contributed by atoms with Gasteiger partial charge in [0.1, 0.15) is 0 Å². The average molecular weight is 282 g/mol. The Balaban J connectivity index is -0.000000187. The predicted octanol–water partition coefficient (Wildman–Crippen LogP) is 7.36. The maximum absolute atomic E-state index is 4.49. The van der Waals surface area contributed by atoms with Gasteiger partial charge in [-0.25, -0.2) is 0 Å². The Hall–Kier alpha value is -1.11. The molecule has 0 heterocycles. The van der Waals surface area contributed by atoms with Crippen LogP contribution >= 0.6 is 0 Å². The molecule has 0 radical (unpaired) electrons. The molecule has 0 amide bonds. The molecule has 0 N–H and O–H groups in total. The summed E-state index contributed by atoms with van der Waals surface area (Å²) in [5, 5.41) is 0. The van der Waals surface area contributed by atoms with Crippen molar-refractivity contribution in [1.82, 2.24) is 0 Å². The maximum atomic E-state index is 4.49. The first-order valence-electron chi connectivity index (χ1n) is 8.17. The van der Waals surface area contributed by atoms with Crippen molar-refractivity contribution in [3.63, 3.8) is 0 Å². The van der Waals surface area contributed by atoms with Gasteiger partial charge in [0.2, 0.25) is 0 Å². The normalized spacial score (nSPS) is 10.3. The smallest absolute Gasteiger partial charge is 0.0655 e. The Bertz CT molecular complexity index is 274. The molecule has 0 rings (SSSR count). The first kappa shape index (κ1) is 27.3. The van der Waals surface area contributed by atoms with E-state index in [-0.39, 0.29) is 0 Å². The highest BCUT2D eigenvalue weighted by molar-refractivity contribution is 5.80. The van der Waals surface area contributed by atoms with Crippen LogP contribution in [-0.2, 0) is 0 Å². The first-order chi connectivity index (χ1) is 9.65. The maximum Gasteiger partial charge on any atom is 0.0655 e. The third kappa shape index (κ3) is 19.2. The summed E-state index contributed by atoms with van der Waals surface area (Å²) < 4.78 is 0. The largest absolute Gasteiger partial charge is 0.258 e. The minimum Gasteiger partial charge on any atom is -0.258 e. The Morgan fingerprint density at radius 1 is 0.900 bits per heavy atom. The highest BCUT2D eigenvalue weighted by atomic mass is 14.7. The summed E-state index contributed by atoms with van der Waals surface area (Å²) in [6, 6.07) is 0. The van der Waals surface area contributed by atoms with E-state index in [4.69, 9.17) is 0 Å². The zero-order chi connectivity index (χ0) is 17.0. The quantitative estimate of drug-likeness (QED) is 0.377. The summed E-state index contributed by atoms with van der Waals surface area (Å²) in [6.45, 7) is 22.2. The fourth-order valence-electron chi connectivity index (χ4n) is 1.19.